The number of nitrogens with one attached hydrogen (secondary N) is 3. The molecule has 0 fully saturated rings. The third-order valence-corrected chi connectivity index (χ3v) is 7.01. The van der Waals surface area contributed by atoms with Gasteiger partial charge in [-0.2, -0.15) is 0 Å². The number of rotatable bonds is 10. The zero-order chi connectivity index (χ0) is 26.3. The molecule has 37 heavy (non-hydrogen) atoms. The summed E-state index contributed by atoms with van der Waals surface area (Å²) in [4.78, 5) is 23.5. The third-order valence-electron chi connectivity index (χ3n) is 5.63. The molecule has 4 aromatic rings. The van der Waals surface area contributed by atoms with E-state index in [1.54, 1.807) is 30.3 Å². The number of anilines is 2. The number of sulfonamides is 1. The van der Waals surface area contributed by atoms with Gasteiger partial charge >= 0.3 is 0 Å². The number of nitro groups is 1. The van der Waals surface area contributed by atoms with E-state index in [0.717, 1.165) is 17.2 Å². The molecular weight excluding hydrogens is 492 g/mol. The number of nitro benzene ring substituents is 1. The summed E-state index contributed by atoms with van der Waals surface area (Å²) in [5, 5.41) is 11.7. The quantitative estimate of drug-likeness (QED) is 0.199. The summed E-state index contributed by atoms with van der Waals surface area (Å²) in [6.07, 6.45) is 0.0856. The Labute approximate surface area is 214 Å². The van der Waals surface area contributed by atoms with E-state index >= 15 is 0 Å². The number of carbonyl (C=O) groups excluding carboxylic acids is 1. The minimum Gasteiger partial charge on any atom is -0.292 e. The summed E-state index contributed by atoms with van der Waals surface area (Å²) in [5.74, 6) is -0.620. The van der Waals surface area contributed by atoms with Crippen LogP contribution in [0.5, 0.6) is 0 Å². The van der Waals surface area contributed by atoms with Crippen LogP contribution in [0.4, 0.5) is 17.1 Å². The topological polar surface area (TPSA) is 130 Å². The van der Waals surface area contributed by atoms with Gasteiger partial charge in [-0.15, -0.1) is 0 Å². The van der Waals surface area contributed by atoms with Gasteiger partial charge in [-0.25, -0.2) is 8.42 Å². The molecule has 9 nitrogen and oxygen atoms in total. The van der Waals surface area contributed by atoms with E-state index < -0.39 is 26.5 Å². The first-order valence-electron chi connectivity index (χ1n) is 11.3. The monoisotopic (exact) mass is 516 g/mol. The molecule has 0 atom stereocenters. The van der Waals surface area contributed by atoms with Gasteiger partial charge in [-0.05, 0) is 35.4 Å². The van der Waals surface area contributed by atoms with Gasteiger partial charge in [0.15, 0.2) is 0 Å². The molecule has 0 saturated carbocycles. The van der Waals surface area contributed by atoms with Crippen molar-refractivity contribution in [2.45, 2.75) is 17.2 Å². The lowest BCUT2D eigenvalue weighted by molar-refractivity contribution is -0.384. The number of para-hydroxylation sites is 1. The zero-order valence-corrected chi connectivity index (χ0v) is 20.4. The van der Waals surface area contributed by atoms with Crippen molar-refractivity contribution in [2.24, 2.45) is 0 Å². The second-order valence-electron chi connectivity index (χ2n) is 8.16. The van der Waals surface area contributed by atoms with Gasteiger partial charge in [0.25, 0.3) is 15.7 Å². The highest BCUT2D eigenvalue weighted by atomic mass is 32.2. The second kappa shape index (κ2) is 11.4. The van der Waals surface area contributed by atoms with Crippen LogP contribution in [0.15, 0.2) is 114 Å². The molecule has 0 spiro atoms. The van der Waals surface area contributed by atoms with Crippen molar-refractivity contribution < 1.29 is 18.1 Å². The molecule has 0 aliphatic carbocycles. The first-order valence-corrected chi connectivity index (χ1v) is 12.8. The number of nitrogens with zero attached hydrogens (tertiary/aromatic N) is 1. The predicted molar refractivity (Wildman–Crippen MR) is 141 cm³/mol. The lowest BCUT2D eigenvalue weighted by Crippen LogP contribution is -2.31. The van der Waals surface area contributed by atoms with Gasteiger partial charge in [-0.3, -0.25) is 30.5 Å². The van der Waals surface area contributed by atoms with Gasteiger partial charge in [-0.1, -0.05) is 78.9 Å². The molecule has 188 valence electrons. The van der Waals surface area contributed by atoms with E-state index in [2.05, 4.69) is 15.6 Å². The Kier molecular flexibility index (Phi) is 7.80. The average molecular weight is 517 g/mol. The molecular formula is C27H24N4O5S. The first-order chi connectivity index (χ1) is 17.8. The molecule has 10 heteroatoms. The smallest absolute Gasteiger partial charge is 0.292 e. The van der Waals surface area contributed by atoms with Crippen LogP contribution >= 0.6 is 0 Å². The molecule has 0 aromatic heterocycles. The summed E-state index contributed by atoms with van der Waals surface area (Å²) < 4.78 is 27.8. The molecule has 0 aliphatic rings. The van der Waals surface area contributed by atoms with Crippen LogP contribution in [0.1, 0.15) is 23.5 Å². The average Bonchev–Trinajstić information content (AvgIpc) is 2.91. The Hall–Kier alpha value is -4.70. The van der Waals surface area contributed by atoms with Crippen molar-refractivity contribution >= 4 is 33.0 Å². The lowest BCUT2D eigenvalue weighted by Gasteiger charge is -2.18. The standard InChI is InChI=1S/C27H24N4O5S/c32-27(19-24(20-10-4-1-5-11-20)21-12-6-2-7-13-21)29-28-25-17-16-23(18-26(25)31(33)34)37(35,36)30-22-14-8-3-9-15-22/h1-18,24,28,30H,19H2,(H,29,32). The van der Waals surface area contributed by atoms with Crippen molar-refractivity contribution in [1.29, 1.82) is 0 Å². The van der Waals surface area contributed by atoms with E-state index in [-0.39, 0.29) is 22.9 Å². The van der Waals surface area contributed by atoms with Crippen molar-refractivity contribution in [3.63, 3.8) is 0 Å². The fourth-order valence-corrected chi connectivity index (χ4v) is 4.91. The van der Waals surface area contributed by atoms with Crippen LogP contribution in [0.3, 0.4) is 0 Å². The van der Waals surface area contributed by atoms with E-state index in [1.165, 1.54) is 12.1 Å². The highest BCUT2D eigenvalue weighted by Crippen LogP contribution is 2.30. The van der Waals surface area contributed by atoms with Crippen molar-refractivity contribution in [3.8, 4) is 0 Å². The summed E-state index contributed by atoms with van der Waals surface area (Å²) in [6, 6.07) is 30.7. The molecule has 0 unspecified atom stereocenters. The fraction of sp³-hybridized carbons (Fsp3) is 0.0741. The fourth-order valence-electron chi connectivity index (χ4n) is 3.83. The summed E-state index contributed by atoms with van der Waals surface area (Å²) in [6.45, 7) is 0. The Bertz CT molecular complexity index is 1440. The van der Waals surface area contributed by atoms with E-state index in [9.17, 15) is 23.3 Å². The molecule has 1 amide bonds. The normalized spacial score (nSPS) is 11.1. The second-order valence-corrected chi connectivity index (χ2v) is 9.84. The summed E-state index contributed by atoms with van der Waals surface area (Å²) in [5.41, 5.74) is 6.76. The van der Waals surface area contributed by atoms with E-state index in [0.29, 0.717) is 5.69 Å². The Balaban J connectivity index is 1.50. The van der Waals surface area contributed by atoms with Crippen LogP contribution in [0.25, 0.3) is 0 Å². The van der Waals surface area contributed by atoms with Crippen LogP contribution in [-0.4, -0.2) is 19.2 Å². The molecule has 4 rings (SSSR count). The molecule has 0 bridgehead atoms. The van der Waals surface area contributed by atoms with Crippen LogP contribution in [-0.2, 0) is 14.8 Å². The maximum atomic E-state index is 12.8. The number of carbonyl (C=O) groups is 1. The molecule has 3 N–H and O–H groups in total. The largest absolute Gasteiger partial charge is 0.295 e. The van der Waals surface area contributed by atoms with Gasteiger partial charge in [0.1, 0.15) is 5.69 Å². The van der Waals surface area contributed by atoms with Gasteiger partial charge in [0.05, 0.1) is 9.82 Å². The number of hydrogen-bond acceptors (Lipinski definition) is 6. The number of benzene rings is 4. The third kappa shape index (κ3) is 6.50. The van der Waals surface area contributed by atoms with E-state index in [4.69, 9.17) is 0 Å². The minimum atomic E-state index is -4.06. The van der Waals surface area contributed by atoms with Gasteiger partial charge in [0.2, 0.25) is 5.91 Å². The maximum Gasteiger partial charge on any atom is 0.295 e. The minimum absolute atomic E-state index is 0.0482. The molecule has 0 heterocycles. The van der Waals surface area contributed by atoms with Gasteiger partial charge < -0.3 is 0 Å². The molecule has 4 aromatic carbocycles. The van der Waals surface area contributed by atoms with Crippen molar-refractivity contribution in [3.05, 3.63) is 130 Å². The number of amides is 1. The first kappa shape index (κ1) is 25.4. The van der Waals surface area contributed by atoms with Crippen LogP contribution in [0, 0.1) is 10.1 Å². The number of hydrazine groups is 1. The van der Waals surface area contributed by atoms with Crippen molar-refractivity contribution in [1.82, 2.24) is 5.43 Å². The van der Waals surface area contributed by atoms with Crippen LogP contribution < -0.4 is 15.6 Å². The Morgan fingerprint density at radius 3 is 1.89 bits per heavy atom. The lowest BCUT2D eigenvalue weighted by atomic mass is 9.88. The summed E-state index contributed by atoms with van der Waals surface area (Å²) >= 11 is 0. The SMILES string of the molecule is O=C(CC(c1ccccc1)c1ccccc1)NNc1ccc(S(=O)(=O)Nc2ccccc2)cc1[N+](=O)[O-]. The van der Waals surface area contributed by atoms with E-state index in [1.807, 2.05) is 60.7 Å². The Morgan fingerprint density at radius 1 is 0.811 bits per heavy atom. The predicted octanol–water partition coefficient (Wildman–Crippen LogP) is 5.06. The highest BCUT2D eigenvalue weighted by Gasteiger charge is 2.23. The Morgan fingerprint density at radius 2 is 1.35 bits per heavy atom. The molecule has 0 aliphatic heterocycles. The zero-order valence-electron chi connectivity index (χ0n) is 19.6. The molecule has 0 saturated heterocycles. The highest BCUT2D eigenvalue weighted by molar-refractivity contribution is 7.92. The maximum absolute atomic E-state index is 12.8. The van der Waals surface area contributed by atoms with Gasteiger partial charge in [0, 0.05) is 24.1 Å². The summed E-state index contributed by atoms with van der Waals surface area (Å²) in [7, 11) is -4.06. The number of hydrogen-bond donors (Lipinski definition) is 3. The molecule has 0 radical (unpaired) electrons. The van der Waals surface area contributed by atoms with Crippen molar-refractivity contribution in [2.75, 3.05) is 10.1 Å². The van der Waals surface area contributed by atoms with Crippen LogP contribution in [0.2, 0.25) is 0 Å².